The first-order valence-corrected chi connectivity index (χ1v) is 6.65. The van der Waals surface area contributed by atoms with Gasteiger partial charge in [0, 0.05) is 17.3 Å². The zero-order valence-electron chi connectivity index (χ0n) is 11.2. The van der Waals surface area contributed by atoms with Crippen LogP contribution in [0.25, 0.3) is 22.5 Å². The van der Waals surface area contributed by atoms with Gasteiger partial charge in [-0.1, -0.05) is 11.6 Å². The summed E-state index contributed by atoms with van der Waals surface area (Å²) in [4.78, 5) is 12.1. The fourth-order valence-corrected chi connectivity index (χ4v) is 2.20. The summed E-state index contributed by atoms with van der Waals surface area (Å²) in [6, 6.07) is 6.07. The van der Waals surface area contributed by atoms with Crippen molar-refractivity contribution < 1.29 is 9.50 Å². The number of nitrogens with zero attached hydrogens (tertiary/aromatic N) is 3. The Morgan fingerprint density at radius 2 is 1.95 bits per heavy atom. The van der Waals surface area contributed by atoms with Gasteiger partial charge in [0.2, 0.25) is 0 Å². The molecule has 0 unspecified atom stereocenters. The maximum atomic E-state index is 14.0. The van der Waals surface area contributed by atoms with Crippen LogP contribution in [0.1, 0.15) is 0 Å². The molecule has 0 aliphatic rings. The molecule has 7 heteroatoms. The molecule has 0 fully saturated rings. The van der Waals surface area contributed by atoms with Gasteiger partial charge >= 0.3 is 0 Å². The average molecular weight is 317 g/mol. The van der Waals surface area contributed by atoms with Gasteiger partial charge in [0.15, 0.2) is 5.82 Å². The summed E-state index contributed by atoms with van der Waals surface area (Å²) in [6.45, 7) is 0. The standard InChI is InChI=1S/C15H10ClFN4O/c16-10-5-8(1-2-12(10)22)14-15(21-13(18)7-20-14)9-3-4-19-6-11(9)17/h1-7,22H,(H2,18,21). The van der Waals surface area contributed by atoms with Crippen LogP contribution in [0.3, 0.4) is 0 Å². The largest absolute Gasteiger partial charge is 0.506 e. The predicted molar refractivity (Wildman–Crippen MR) is 81.7 cm³/mol. The van der Waals surface area contributed by atoms with Gasteiger partial charge in [-0.3, -0.25) is 9.97 Å². The van der Waals surface area contributed by atoms with Gasteiger partial charge in [-0.05, 0) is 24.3 Å². The van der Waals surface area contributed by atoms with E-state index in [2.05, 4.69) is 15.0 Å². The minimum Gasteiger partial charge on any atom is -0.506 e. The van der Waals surface area contributed by atoms with Crippen LogP contribution in [-0.2, 0) is 0 Å². The number of rotatable bonds is 2. The van der Waals surface area contributed by atoms with E-state index in [9.17, 15) is 9.50 Å². The van der Waals surface area contributed by atoms with Crippen molar-refractivity contribution in [2.75, 3.05) is 5.73 Å². The van der Waals surface area contributed by atoms with Gasteiger partial charge in [-0.2, -0.15) is 0 Å². The summed E-state index contributed by atoms with van der Waals surface area (Å²) in [5.41, 5.74) is 7.17. The minimum absolute atomic E-state index is 0.0505. The number of pyridine rings is 1. The predicted octanol–water partition coefficient (Wildman–Crippen LogP) is 3.29. The van der Waals surface area contributed by atoms with E-state index in [4.69, 9.17) is 17.3 Å². The number of hydrogen-bond donors (Lipinski definition) is 2. The van der Waals surface area contributed by atoms with Crippen LogP contribution in [0, 0.1) is 5.82 Å². The third-order valence-electron chi connectivity index (χ3n) is 3.04. The number of nitrogens with two attached hydrogens (primary N) is 1. The Morgan fingerprint density at radius 1 is 1.14 bits per heavy atom. The summed E-state index contributed by atoms with van der Waals surface area (Å²) < 4.78 is 14.0. The van der Waals surface area contributed by atoms with Crippen molar-refractivity contribution in [2.45, 2.75) is 0 Å². The van der Waals surface area contributed by atoms with Gasteiger partial charge in [-0.25, -0.2) is 9.37 Å². The normalized spacial score (nSPS) is 10.6. The fourth-order valence-electron chi connectivity index (χ4n) is 2.02. The quantitative estimate of drug-likeness (QED) is 0.757. The van der Waals surface area contributed by atoms with Gasteiger partial charge in [0.05, 0.1) is 23.1 Å². The van der Waals surface area contributed by atoms with Gasteiger partial charge in [0.1, 0.15) is 17.3 Å². The van der Waals surface area contributed by atoms with Crippen LogP contribution in [0.15, 0.2) is 42.9 Å². The lowest BCUT2D eigenvalue weighted by Crippen LogP contribution is -2.00. The molecule has 2 heterocycles. The minimum atomic E-state index is -0.534. The number of halogens is 2. The van der Waals surface area contributed by atoms with Crippen LogP contribution < -0.4 is 5.73 Å². The molecule has 0 saturated heterocycles. The van der Waals surface area contributed by atoms with E-state index in [0.717, 1.165) is 6.20 Å². The highest BCUT2D eigenvalue weighted by molar-refractivity contribution is 6.32. The number of phenolic OH excluding ortho intramolecular Hbond substituents is 1. The van der Waals surface area contributed by atoms with Crippen molar-refractivity contribution in [1.29, 1.82) is 0 Å². The zero-order chi connectivity index (χ0) is 15.7. The average Bonchev–Trinajstić information content (AvgIpc) is 2.51. The first-order chi connectivity index (χ1) is 10.6. The van der Waals surface area contributed by atoms with Crippen LogP contribution in [0.5, 0.6) is 5.75 Å². The van der Waals surface area contributed by atoms with Crippen molar-refractivity contribution in [3.05, 3.63) is 53.7 Å². The summed E-state index contributed by atoms with van der Waals surface area (Å²) in [6.07, 6.45) is 3.92. The van der Waals surface area contributed by atoms with E-state index in [0.29, 0.717) is 11.3 Å². The molecule has 0 aliphatic carbocycles. The Bertz CT molecular complexity index is 857. The second kappa shape index (κ2) is 5.57. The number of hydrogen-bond acceptors (Lipinski definition) is 5. The number of aromatic hydroxyl groups is 1. The molecule has 0 bridgehead atoms. The Balaban J connectivity index is 2.25. The summed E-state index contributed by atoms with van der Waals surface area (Å²) >= 11 is 5.92. The maximum Gasteiger partial charge on any atom is 0.150 e. The summed E-state index contributed by atoms with van der Waals surface area (Å²) in [5, 5.41) is 9.67. The molecule has 0 saturated carbocycles. The van der Waals surface area contributed by atoms with E-state index >= 15 is 0 Å². The molecule has 3 aromatic rings. The molecule has 0 radical (unpaired) electrons. The molecule has 22 heavy (non-hydrogen) atoms. The van der Waals surface area contributed by atoms with E-state index in [1.165, 1.54) is 30.6 Å². The number of phenols is 1. The van der Waals surface area contributed by atoms with Crippen molar-refractivity contribution in [1.82, 2.24) is 15.0 Å². The number of benzene rings is 1. The van der Waals surface area contributed by atoms with Crippen LogP contribution in [0.4, 0.5) is 10.2 Å². The van der Waals surface area contributed by atoms with Crippen molar-refractivity contribution in [2.24, 2.45) is 0 Å². The smallest absolute Gasteiger partial charge is 0.150 e. The van der Waals surface area contributed by atoms with E-state index < -0.39 is 5.82 Å². The SMILES string of the molecule is Nc1cnc(-c2ccc(O)c(Cl)c2)c(-c2ccncc2F)n1. The van der Waals surface area contributed by atoms with Gasteiger partial charge < -0.3 is 10.8 Å². The molecular formula is C15H10ClFN4O. The molecule has 0 spiro atoms. The van der Waals surface area contributed by atoms with Crippen LogP contribution >= 0.6 is 11.6 Å². The third-order valence-corrected chi connectivity index (χ3v) is 3.34. The molecule has 1 aromatic carbocycles. The fraction of sp³-hybridized carbons (Fsp3) is 0. The monoisotopic (exact) mass is 316 g/mol. The lowest BCUT2D eigenvalue weighted by molar-refractivity contribution is 0.475. The third kappa shape index (κ3) is 2.56. The lowest BCUT2D eigenvalue weighted by atomic mass is 10.0. The van der Waals surface area contributed by atoms with Crippen molar-refractivity contribution in [3.63, 3.8) is 0 Å². The molecular weight excluding hydrogens is 307 g/mol. The first kappa shape index (κ1) is 14.2. The molecule has 5 nitrogen and oxygen atoms in total. The topological polar surface area (TPSA) is 84.9 Å². The molecule has 3 N–H and O–H groups in total. The maximum absolute atomic E-state index is 14.0. The molecule has 110 valence electrons. The lowest BCUT2D eigenvalue weighted by Gasteiger charge is -2.10. The first-order valence-electron chi connectivity index (χ1n) is 6.27. The highest BCUT2D eigenvalue weighted by atomic mass is 35.5. The van der Waals surface area contributed by atoms with Gasteiger partial charge in [-0.15, -0.1) is 0 Å². The Hall–Kier alpha value is -2.73. The van der Waals surface area contributed by atoms with Gasteiger partial charge in [0.25, 0.3) is 0 Å². The highest BCUT2D eigenvalue weighted by Crippen LogP contribution is 2.34. The Kier molecular flexibility index (Phi) is 3.60. The molecule has 0 atom stereocenters. The zero-order valence-corrected chi connectivity index (χ0v) is 11.9. The Labute approximate surface area is 130 Å². The summed E-state index contributed by atoms with van der Waals surface area (Å²) in [7, 11) is 0. The van der Waals surface area contributed by atoms with E-state index in [1.807, 2.05) is 0 Å². The van der Waals surface area contributed by atoms with E-state index in [-0.39, 0.29) is 27.8 Å². The molecule has 0 amide bonds. The van der Waals surface area contributed by atoms with Crippen LogP contribution in [0.2, 0.25) is 5.02 Å². The molecule has 0 aliphatic heterocycles. The van der Waals surface area contributed by atoms with Crippen molar-refractivity contribution >= 4 is 17.4 Å². The number of aromatic nitrogens is 3. The number of nitrogen functional groups attached to an aromatic ring is 1. The van der Waals surface area contributed by atoms with Crippen molar-refractivity contribution in [3.8, 4) is 28.3 Å². The summed E-state index contributed by atoms with van der Waals surface area (Å²) in [5.74, 6) is -0.418. The Morgan fingerprint density at radius 3 is 2.68 bits per heavy atom. The molecule has 2 aromatic heterocycles. The molecule has 3 rings (SSSR count). The van der Waals surface area contributed by atoms with E-state index in [1.54, 1.807) is 6.07 Å². The number of anilines is 1. The van der Waals surface area contributed by atoms with Crippen LogP contribution in [-0.4, -0.2) is 20.1 Å². The second-order valence-electron chi connectivity index (χ2n) is 4.51. The second-order valence-corrected chi connectivity index (χ2v) is 4.92. The highest BCUT2D eigenvalue weighted by Gasteiger charge is 2.16.